The van der Waals surface area contributed by atoms with Crippen molar-refractivity contribution in [3.05, 3.63) is 12.4 Å². The smallest absolute Gasteiger partial charge is 0.327 e. The molecule has 2 fully saturated rings. The van der Waals surface area contributed by atoms with Crippen LogP contribution in [0.5, 0.6) is 0 Å². The van der Waals surface area contributed by atoms with E-state index in [1.807, 2.05) is 6.92 Å². The summed E-state index contributed by atoms with van der Waals surface area (Å²) in [5, 5.41) is 16.9. The van der Waals surface area contributed by atoms with Crippen molar-refractivity contribution in [2.75, 3.05) is 0 Å². The summed E-state index contributed by atoms with van der Waals surface area (Å²) in [7, 11) is 0. The van der Waals surface area contributed by atoms with Gasteiger partial charge in [0.05, 0.1) is 18.8 Å². The van der Waals surface area contributed by atoms with E-state index in [4.69, 9.17) is 0 Å². The van der Waals surface area contributed by atoms with Gasteiger partial charge in [0.1, 0.15) is 6.04 Å². The van der Waals surface area contributed by atoms with Gasteiger partial charge in [-0.1, -0.05) is 12.1 Å². The lowest BCUT2D eigenvalue weighted by atomic mass is 9.80. The molecule has 0 spiro atoms. The number of rotatable bonds is 3. The van der Waals surface area contributed by atoms with Gasteiger partial charge < -0.3 is 10.0 Å². The summed E-state index contributed by atoms with van der Waals surface area (Å²) in [5.41, 5.74) is -0.667. The van der Waals surface area contributed by atoms with E-state index >= 15 is 0 Å². The molecule has 0 bridgehead atoms. The van der Waals surface area contributed by atoms with Crippen LogP contribution in [0.25, 0.3) is 0 Å². The maximum Gasteiger partial charge on any atom is 0.327 e. The van der Waals surface area contributed by atoms with Crippen LogP contribution >= 0.6 is 12.6 Å². The lowest BCUT2D eigenvalue weighted by Crippen LogP contribution is -2.56. The molecular formula is C11H14N4O3S. The van der Waals surface area contributed by atoms with Gasteiger partial charge in [-0.3, -0.25) is 9.48 Å². The van der Waals surface area contributed by atoms with Gasteiger partial charge in [0.25, 0.3) is 0 Å². The Balaban J connectivity index is 1.97. The Hall–Kier alpha value is -1.57. The number of carbonyl (C=O) groups excluding carboxylic acids is 1. The number of carboxylic acid groups (broad SMARTS) is 1. The molecule has 3 rings (SSSR count). The van der Waals surface area contributed by atoms with Gasteiger partial charge in [0.15, 0.2) is 0 Å². The lowest BCUT2D eigenvalue weighted by molar-refractivity contribution is -0.159. The predicted octanol–water partition coefficient (Wildman–Crippen LogP) is -0.349. The molecule has 0 radical (unpaired) electrons. The first-order chi connectivity index (χ1) is 8.95. The molecule has 4 atom stereocenters. The first-order valence-electron chi connectivity index (χ1n) is 6.01. The summed E-state index contributed by atoms with van der Waals surface area (Å²) in [6.45, 7) is 2.22. The number of carbonyl (C=O) groups is 2. The topological polar surface area (TPSA) is 88.3 Å². The van der Waals surface area contributed by atoms with E-state index in [1.54, 1.807) is 17.1 Å². The summed E-state index contributed by atoms with van der Waals surface area (Å²) in [6, 6.07) is -0.948. The third-order valence-corrected chi connectivity index (χ3v) is 5.11. The van der Waals surface area contributed by atoms with Crippen LogP contribution in [0, 0.1) is 5.41 Å². The van der Waals surface area contributed by atoms with Crippen molar-refractivity contribution in [1.29, 1.82) is 0 Å². The minimum atomic E-state index is -0.989. The first kappa shape index (κ1) is 12.5. The Labute approximate surface area is 115 Å². The zero-order valence-electron chi connectivity index (χ0n) is 10.3. The largest absolute Gasteiger partial charge is 0.480 e. The molecule has 2 aliphatic heterocycles. The van der Waals surface area contributed by atoms with E-state index in [0.29, 0.717) is 13.0 Å². The molecule has 0 saturated carbocycles. The minimum absolute atomic E-state index is 0.0922. The molecule has 1 N–H and O–H groups in total. The molecule has 102 valence electrons. The molecule has 8 heteroatoms. The number of aliphatic carboxylic acids is 1. The Kier molecular flexibility index (Phi) is 2.60. The van der Waals surface area contributed by atoms with Crippen LogP contribution in [-0.4, -0.2) is 54.2 Å². The van der Waals surface area contributed by atoms with Crippen LogP contribution in [0.4, 0.5) is 0 Å². The fourth-order valence-electron chi connectivity index (χ4n) is 3.22. The van der Waals surface area contributed by atoms with Crippen molar-refractivity contribution in [1.82, 2.24) is 19.9 Å². The van der Waals surface area contributed by atoms with E-state index in [2.05, 4.69) is 22.9 Å². The molecule has 19 heavy (non-hydrogen) atoms. The quantitative estimate of drug-likeness (QED) is 0.584. The molecule has 0 aliphatic carbocycles. The SMILES string of the molecule is CC1(Cn2ccnn2)C(S)C2CC(=O)N2C1C(=O)O. The van der Waals surface area contributed by atoms with Crippen molar-refractivity contribution >= 4 is 24.5 Å². The van der Waals surface area contributed by atoms with Crippen LogP contribution in [0.15, 0.2) is 12.4 Å². The van der Waals surface area contributed by atoms with Crippen molar-refractivity contribution in [2.24, 2.45) is 5.41 Å². The van der Waals surface area contributed by atoms with Crippen LogP contribution < -0.4 is 0 Å². The summed E-state index contributed by atoms with van der Waals surface area (Å²) in [6.07, 6.45) is 3.61. The molecule has 3 heterocycles. The Morgan fingerprint density at radius 1 is 1.68 bits per heavy atom. The molecule has 7 nitrogen and oxygen atoms in total. The van der Waals surface area contributed by atoms with Crippen LogP contribution in [0.2, 0.25) is 0 Å². The van der Waals surface area contributed by atoms with Gasteiger partial charge in [-0.25, -0.2) is 4.79 Å². The molecular weight excluding hydrogens is 268 g/mol. The fraction of sp³-hybridized carbons (Fsp3) is 0.636. The average Bonchev–Trinajstić information content (AvgIpc) is 2.88. The van der Waals surface area contributed by atoms with E-state index in [-0.39, 0.29) is 17.2 Å². The number of β-lactam (4-membered cyclic amide) rings is 1. The highest BCUT2D eigenvalue weighted by molar-refractivity contribution is 7.81. The van der Waals surface area contributed by atoms with Gasteiger partial charge in [-0.2, -0.15) is 12.6 Å². The molecule has 4 unspecified atom stereocenters. The van der Waals surface area contributed by atoms with E-state index < -0.39 is 17.4 Å². The van der Waals surface area contributed by atoms with Gasteiger partial charge in [0.2, 0.25) is 5.91 Å². The maximum absolute atomic E-state index is 11.7. The molecule has 0 aromatic carbocycles. The third-order valence-electron chi connectivity index (χ3n) is 4.18. The molecule has 1 aromatic heterocycles. The summed E-state index contributed by atoms with van der Waals surface area (Å²) < 4.78 is 1.59. The first-order valence-corrected chi connectivity index (χ1v) is 6.53. The number of hydrogen-bond acceptors (Lipinski definition) is 5. The monoisotopic (exact) mass is 282 g/mol. The van der Waals surface area contributed by atoms with Gasteiger partial charge in [0, 0.05) is 23.3 Å². The zero-order valence-corrected chi connectivity index (χ0v) is 11.2. The third kappa shape index (κ3) is 1.59. The predicted molar refractivity (Wildman–Crippen MR) is 67.6 cm³/mol. The highest BCUT2D eigenvalue weighted by atomic mass is 32.1. The van der Waals surface area contributed by atoms with Crippen molar-refractivity contribution < 1.29 is 14.7 Å². The normalized spacial score (nSPS) is 37.1. The second kappa shape index (κ2) is 3.96. The standard InChI is InChI=1S/C11H14N4O3S/c1-11(5-14-3-2-12-13-14)8(10(17)18)15-6(9(11)19)4-7(15)16/h2-3,6,8-9,19H,4-5H2,1H3,(H,17,18). The van der Waals surface area contributed by atoms with E-state index in [9.17, 15) is 14.7 Å². The van der Waals surface area contributed by atoms with Crippen molar-refractivity contribution in [2.45, 2.75) is 37.2 Å². The second-order valence-electron chi connectivity index (χ2n) is 5.36. The summed E-state index contributed by atoms with van der Waals surface area (Å²) in [5.74, 6) is -1.10. The number of amides is 1. The van der Waals surface area contributed by atoms with Crippen LogP contribution in [0.3, 0.4) is 0 Å². The highest BCUT2D eigenvalue weighted by Crippen LogP contribution is 2.50. The van der Waals surface area contributed by atoms with Gasteiger partial charge >= 0.3 is 5.97 Å². The number of thiol groups is 1. The van der Waals surface area contributed by atoms with Gasteiger partial charge in [-0.15, -0.1) is 5.10 Å². The lowest BCUT2D eigenvalue weighted by Gasteiger charge is -2.38. The van der Waals surface area contributed by atoms with E-state index in [0.717, 1.165) is 0 Å². The number of nitrogens with zero attached hydrogens (tertiary/aromatic N) is 4. The zero-order chi connectivity index (χ0) is 13.8. The van der Waals surface area contributed by atoms with E-state index in [1.165, 1.54) is 4.90 Å². The number of aromatic nitrogens is 3. The Morgan fingerprint density at radius 2 is 2.42 bits per heavy atom. The minimum Gasteiger partial charge on any atom is -0.480 e. The Morgan fingerprint density at radius 3 is 2.95 bits per heavy atom. The van der Waals surface area contributed by atoms with Crippen LogP contribution in [-0.2, 0) is 16.1 Å². The van der Waals surface area contributed by atoms with Gasteiger partial charge in [-0.05, 0) is 0 Å². The second-order valence-corrected chi connectivity index (χ2v) is 5.92. The molecule has 2 aliphatic rings. The molecule has 1 amide bonds. The van der Waals surface area contributed by atoms with Crippen molar-refractivity contribution in [3.63, 3.8) is 0 Å². The Bertz CT molecular complexity index is 534. The number of fused-ring (bicyclic) bond motifs is 1. The maximum atomic E-state index is 11.7. The molecule has 2 saturated heterocycles. The summed E-state index contributed by atoms with van der Waals surface area (Å²) in [4.78, 5) is 24.7. The number of carboxylic acids is 1. The highest BCUT2D eigenvalue weighted by Gasteiger charge is 2.64. The van der Waals surface area contributed by atoms with Crippen LogP contribution in [0.1, 0.15) is 13.3 Å². The summed E-state index contributed by atoms with van der Waals surface area (Å²) >= 11 is 4.57. The van der Waals surface area contributed by atoms with Crippen molar-refractivity contribution in [3.8, 4) is 0 Å². The number of hydrogen-bond donors (Lipinski definition) is 2. The fourth-order valence-corrected chi connectivity index (χ4v) is 3.69. The average molecular weight is 282 g/mol. The molecule has 1 aromatic rings.